The first kappa shape index (κ1) is 13.1. The first-order valence-electron chi connectivity index (χ1n) is 7.26. The van der Waals surface area contributed by atoms with Gasteiger partial charge in [0, 0.05) is 5.92 Å². The van der Waals surface area contributed by atoms with Crippen LogP contribution in [0.5, 0.6) is 0 Å². The number of allylic oxidation sites excluding steroid dienone is 1. The topological polar surface area (TPSA) is 20.2 Å². The van der Waals surface area contributed by atoms with Gasteiger partial charge in [-0.05, 0) is 41.2 Å². The molecule has 0 saturated carbocycles. The summed E-state index contributed by atoms with van der Waals surface area (Å²) in [4.78, 5) is 0. The molecule has 20 heavy (non-hydrogen) atoms. The Morgan fingerprint density at radius 1 is 0.950 bits per heavy atom. The number of aliphatic hydroxyl groups excluding tert-OH is 1. The Hall–Kier alpha value is -1.86. The van der Waals surface area contributed by atoms with Gasteiger partial charge in [-0.2, -0.15) is 0 Å². The fraction of sp³-hybridized carbons (Fsp3) is 0.263. The first-order valence-corrected chi connectivity index (χ1v) is 7.26. The van der Waals surface area contributed by atoms with Crippen molar-refractivity contribution in [1.82, 2.24) is 0 Å². The number of fused-ring (bicyclic) bond motifs is 1. The van der Waals surface area contributed by atoms with Crippen molar-refractivity contribution in [3.8, 4) is 0 Å². The maximum absolute atomic E-state index is 10.8. The van der Waals surface area contributed by atoms with Gasteiger partial charge < -0.3 is 5.11 Å². The van der Waals surface area contributed by atoms with Gasteiger partial charge in [0.15, 0.2) is 0 Å². The van der Waals surface area contributed by atoms with Crippen LogP contribution in [-0.4, -0.2) is 5.11 Å². The van der Waals surface area contributed by atoms with Crippen molar-refractivity contribution in [3.05, 3.63) is 76.9 Å². The third-order valence-corrected chi connectivity index (χ3v) is 4.27. The maximum atomic E-state index is 10.8. The first-order chi connectivity index (χ1) is 9.72. The van der Waals surface area contributed by atoms with E-state index in [1.54, 1.807) is 0 Å². The molecule has 0 bridgehead atoms. The van der Waals surface area contributed by atoms with Gasteiger partial charge in [0.1, 0.15) is 0 Å². The second-order valence-corrected chi connectivity index (χ2v) is 5.46. The number of aliphatic hydroxyl groups is 1. The van der Waals surface area contributed by atoms with Crippen molar-refractivity contribution >= 4 is 5.57 Å². The zero-order chi connectivity index (χ0) is 14.1. The summed E-state index contributed by atoms with van der Waals surface area (Å²) in [5, 5.41) is 10.8. The summed E-state index contributed by atoms with van der Waals surface area (Å²) in [7, 11) is 0. The maximum Gasteiger partial charge on any atom is 0.0899 e. The molecule has 0 aliphatic heterocycles. The second-order valence-electron chi connectivity index (χ2n) is 5.46. The van der Waals surface area contributed by atoms with E-state index < -0.39 is 6.10 Å². The summed E-state index contributed by atoms with van der Waals surface area (Å²) in [6, 6.07) is 16.6. The van der Waals surface area contributed by atoms with E-state index in [4.69, 9.17) is 0 Å². The van der Waals surface area contributed by atoms with Gasteiger partial charge in [0.2, 0.25) is 0 Å². The quantitative estimate of drug-likeness (QED) is 0.839. The van der Waals surface area contributed by atoms with Gasteiger partial charge in [0.25, 0.3) is 0 Å². The monoisotopic (exact) mass is 264 g/mol. The fourth-order valence-electron chi connectivity index (χ4n) is 3.17. The molecule has 1 aliphatic carbocycles. The highest BCUT2D eigenvalue weighted by Gasteiger charge is 2.28. The second kappa shape index (κ2) is 5.26. The zero-order valence-corrected chi connectivity index (χ0v) is 12.0. The van der Waals surface area contributed by atoms with Gasteiger partial charge in [0.05, 0.1) is 6.10 Å². The van der Waals surface area contributed by atoms with Crippen LogP contribution >= 0.6 is 0 Å². The molecule has 0 saturated heterocycles. The lowest BCUT2D eigenvalue weighted by molar-refractivity contribution is 0.159. The van der Waals surface area contributed by atoms with E-state index in [2.05, 4.69) is 44.2 Å². The van der Waals surface area contributed by atoms with Crippen molar-refractivity contribution in [1.29, 1.82) is 0 Å². The molecule has 0 radical (unpaired) electrons. The van der Waals surface area contributed by atoms with E-state index in [1.807, 2.05) is 24.3 Å². The van der Waals surface area contributed by atoms with Gasteiger partial charge in [-0.15, -0.1) is 0 Å². The van der Waals surface area contributed by atoms with Gasteiger partial charge >= 0.3 is 0 Å². The minimum Gasteiger partial charge on any atom is -0.387 e. The van der Waals surface area contributed by atoms with Gasteiger partial charge in [-0.1, -0.05) is 61.5 Å². The molecule has 2 atom stereocenters. The molecule has 0 spiro atoms. The Kier molecular flexibility index (Phi) is 3.45. The SMILES string of the molecule is CCC1=C[C@H](c2ccccc2C)[C@H](O)c2ccccc21. The lowest BCUT2D eigenvalue weighted by atomic mass is 9.77. The van der Waals surface area contributed by atoms with E-state index >= 15 is 0 Å². The van der Waals surface area contributed by atoms with Crippen LogP contribution < -0.4 is 0 Å². The number of hydrogen-bond acceptors (Lipinski definition) is 1. The Morgan fingerprint density at radius 2 is 1.60 bits per heavy atom. The van der Waals surface area contributed by atoms with E-state index in [9.17, 15) is 5.11 Å². The number of benzene rings is 2. The van der Waals surface area contributed by atoms with Crippen molar-refractivity contribution in [2.75, 3.05) is 0 Å². The highest BCUT2D eigenvalue weighted by molar-refractivity contribution is 5.72. The standard InChI is InChI=1S/C19H20O/c1-3-14-12-18(15-9-5-4-8-13(15)2)19(20)17-11-7-6-10-16(14)17/h4-12,18-20H,3H2,1-2H3/t18-,19-/m1/s1. The number of hydrogen-bond donors (Lipinski definition) is 1. The molecule has 0 heterocycles. The molecule has 2 aromatic rings. The fourth-order valence-corrected chi connectivity index (χ4v) is 3.17. The van der Waals surface area contributed by atoms with E-state index in [0.29, 0.717) is 0 Å². The summed E-state index contributed by atoms with van der Waals surface area (Å²) in [6.07, 6.45) is 2.78. The highest BCUT2D eigenvalue weighted by Crippen LogP contribution is 2.43. The zero-order valence-electron chi connectivity index (χ0n) is 12.0. The van der Waals surface area contributed by atoms with E-state index in [1.165, 1.54) is 22.3 Å². The summed E-state index contributed by atoms with van der Waals surface area (Å²) < 4.78 is 0. The normalized spacial score (nSPS) is 21.2. The van der Waals surface area contributed by atoms with Gasteiger partial charge in [-0.25, -0.2) is 0 Å². The molecular weight excluding hydrogens is 244 g/mol. The molecule has 0 amide bonds. The largest absolute Gasteiger partial charge is 0.387 e. The third kappa shape index (κ3) is 2.08. The Bertz CT molecular complexity index is 654. The predicted octanol–water partition coefficient (Wildman–Crippen LogP) is 4.62. The molecule has 0 fully saturated rings. The average Bonchev–Trinajstić information content (AvgIpc) is 2.49. The minimum atomic E-state index is -0.456. The summed E-state index contributed by atoms with van der Waals surface area (Å²) in [5.41, 5.74) is 6.05. The smallest absolute Gasteiger partial charge is 0.0899 e. The summed E-state index contributed by atoms with van der Waals surface area (Å²) >= 11 is 0. The van der Waals surface area contributed by atoms with Crippen LogP contribution in [0, 0.1) is 6.92 Å². The predicted molar refractivity (Wildman–Crippen MR) is 83.6 cm³/mol. The van der Waals surface area contributed by atoms with Crippen LogP contribution in [0.2, 0.25) is 0 Å². The third-order valence-electron chi connectivity index (χ3n) is 4.27. The molecule has 0 aromatic heterocycles. The Balaban J connectivity index is 2.14. The van der Waals surface area contributed by atoms with E-state index in [-0.39, 0.29) is 5.92 Å². The Labute approximate surface area is 120 Å². The van der Waals surface area contributed by atoms with Crippen molar-refractivity contribution in [2.45, 2.75) is 32.3 Å². The van der Waals surface area contributed by atoms with Crippen molar-refractivity contribution < 1.29 is 5.11 Å². The molecule has 1 nitrogen and oxygen atoms in total. The Morgan fingerprint density at radius 3 is 2.30 bits per heavy atom. The summed E-state index contributed by atoms with van der Waals surface area (Å²) in [6.45, 7) is 4.29. The molecule has 3 rings (SSSR count). The average molecular weight is 264 g/mol. The van der Waals surface area contributed by atoms with Crippen LogP contribution in [0.25, 0.3) is 5.57 Å². The van der Waals surface area contributed by atoms with Crippen LogP contribution in [0.4, 0.5) is 0 Å². The number of aryl methyl sites for hydroxylation is 1. The summed E-state index contributed by atoms with van der Waals surface area (Å²) in [5.74, 6) is 0.0565. The molecule has 102 valence electrons. The van der Waals surface area contributed by atoms with Crippen LogP contribution in [0.1, 0.15) is 47.6 Å². The van der Waals surface area contributed by atoms with Crippen molar-refractivity contribution in [2.24, 2.45) is 0 Å². The lowest BCUT2D eigenvalue weighted by Crippen LogP contribution is -2.16. The molecular formula is C19H20O. The van der Waals surface area contributed by atoms with E-state index in [0.717, 1.165) is 12.0 Å². The number of rotatable bonds is 2. The van der Waals surface area contributed by atoms with Gasteiger partial charge in [-0.3, -0.25) is 0 Å². The molecule has 1 aliphatic rings. The molecule has 1 heteroatoms. The molecule has 2 aromatic carbocycles. The highest BCUT2D eigenvalue weighted by atomic mass is 16.3. The van der Waals surface area contributed by atoms with Crippen LogP contribution in [0.15, 0.2) is 54.6 Å². The van der Waals surface area contributed by atoms with Crippen molar-refractivity contribution in [3.63, 3.8) is 0 Å². The van der Waals surface area contributed by atoms with Crippen LogP contribution in [-0.2, 0) is 0 Å². The molecule has 1 N–H and O–H groups in total. The van der Waals surface area contributed by atoms with Crippen LogP contribution in [0.3, 0.4) is 0 Å². The molecule has 0 unspecified atom stereocenters. The lowest BCUT2D eigenvalue weighted by Gasteiger charge is -2.30. The minimum absolute atomic E-state index is 0.0565.